The molecular formula is C50H48IrN2O-2. The molecule has 8 aromatic rings. The van der Waals surface area contributed by atoms with Gasteiger partial charge in [-0.25, -0.2) is 0 Å². The average Bonchev–Trinajstić information content (AvgIpc) is 3.58. The third kappa shape index (κ3) is 8.07. The number of aryl methyl sites for hydroxylation is 1. The van der Waals surface area contributed by atoms with E-state index in [0.717, 1.165) is 64.4 Å². The third-order valence-electron chi connectivity index (χ3n) is 10.3. The summed E-state index contributed by atoms with van der Waals surface area (Å²) in [6, 6.07) is 39.9. The van der Waals surface area contributed by atoms with Crippen LogP contribution in [0, 0.1) is 29.8 Å². The first-order valence-electron chi connectivity index (χ1n) is 21.5. The van der Waals surface area contributed by atoms with E-state index in [-0.39, 0.29) is 25.7 Å². The van der Waals surface area contributed by atoms with Crippen LogP contribution in [0.5, 0.6) is 0 Å². The summed E-state index contributed by atoms with van der Waals surface area (Å²) < 4.78 is 54.3. The first-order chi connectivity index (χ1) is 27.8. The number of fused-ring (bicyclic) bond motifs is 6. The standard InChI is InChI=1S/C33H28NO.C17H20N.Ir/c1-33(2)15-12-21(13-16-33)23-14-17-34-30(19-23)27-9-5-8-26-29-18-24-11-10-22-6-3-4-7-25(22)28(24)20-31(29)35-32(26)27;1-13-5-8-15(9-6-13)16-10-7-14(12-18-16)11-17(2,3)4;/h3-8,10-11,14,17-21H,12-13,15-16H2,1-2H3;5-8,10,12H,11H2,1-4H3;/q2*-1;/i21D;1D3,11D2;. The molecule has 3 nitrogen and oxygen atoms in total. The Morgan fingerprint density at radius 1 is 0.833 bits per heavy atom. The van der Waals surface area contributed by atoms with E-state index < -0.39 is 24.5 Å². The van der Waals surface area contributed by atoms with E-state index in [1.165, 1.54) is 33.8 Å². The molecule has 3 heterocycles. The number of hydrogen-bond donors (Lipinski definition) is 0. The van der Waals surface area contributed by atoms with E-state index in [1.54, 1.807) is 24.3 Å². The minimum absolute atomic E-state index is 0. The number of hydrogen-bond acceptors (Lipinski definition) is 3. The van der Waals surface area contributed by atoms with Crippen molar-refractivity contribution in [1.29, 1.82) is 0 Å². The Morgan fingerprint density at radius 3 is 2.39 bits per heavy atom. The third-order valence-corrected chi connectivity index (χ3v) is 10.3. The molecule has 0 aliphatic heterocycles. The predicted octanol–water partition coefficient (Wildman–Crippen LogP) is 13.9. The second kappa shape index (κ2) is 15.2. The molecule has 0 amide bonds. The van der Waals surface area contributed by atoms with Crippen LogP contribution in [-0.2, 0) is 26.5 Å². The zero-order valence-electron chi connectivity index (χ0n) is 37.4. The molecule has 275 valence electrons. The van der Waals surface area contributed by atoms with Gasteiger partial charge < -0.3 is 14.4 Å². The largest absolute Gasteiger partial charge is 0.501 e. The predicted molar refractivity (Wildman–Crippen MR) is 222 cm³/mol. The van der Waals surface area contributed by atoms with Gasteiger partial charge in [0.2, 0.25) is 0 Å². The number of benzene rings is 5. The summed E-state index contributed by atoms with van der Waals surface area (Å²) >= 11 is 0. The van der Waals surface area contributed by atoms with E-state index in [2.05, 4.69) is 91.6 Å². The molecule has 1 radical (unpaired) electrons. The van der Waals surface area contributed by atoms with Gasteiger partial charge in [-0.1, -0.05) is 113 Å². The first kappa shape index (κ1) is 30.7. The molecule has 5 aromatic carbocycles. The molecule has 1 saturated carbocycles. The monoisotopic (exact) mass is 891 g/mol. The number of pyridine rings is 2. The van der Waals surface area contributed by atoms with Crippen molar-refractivity contribution in [2.75, 3.05) is 0 Å². The van der Waals surface area contributed by atoms with Crippen LogP contribution >= 0.6 is 0 Å². The van der Waals surface area contributed by atoms with Crippen molar-refractivity contribution in [3.63, 3.8) is 0 Å². The van der Waals surface area contributed by atoms with Crippen molar-refractivity contribution in [3.8, 4) is 22.5 Å². The van der Waals surface area contributed by atoms with E-state index in [0.29, 0.717) is 22.2 Å². The quantitative estimate of drug-likeness (QED) is 0.131. The topological polar surface area (TPSA) is 38.9 Å². The molecule has 1 aliphatic rings. The Bertz CT molecular complexity index is 2810. The summed E-state index contributed by atoms with van der Waals surface area (Å²) in [6.07, 6.45) is 5.78. The van der Waals surface area contributed by atoms with Gasteiger partial charge in [0.05, 0.1) is 5.58 Å². The van der Waals surface area contributed by atoms with Gasteiger partial charge >= 0.3 is 0 Å². The summed E-state index contributed by atoms with van der Waals surface area (Å²) in [4.78, 5) is 9.01. The molecule has 0 N–H and O–H groups in total. The molecule has 9 rings (SSSR count). The van der Waals surface area contributed by atoms with E-state index in [9.17, 15) is 1.37 Å². The second-order valence-electron chi connectivity index (χ2n) is 16.0. The van der Waals surface area contributed by atoms with Crippen molar-refractivity contribution in [3.05, 3.63) is 144 Å². The molecule has 3 aromatic heterocycles. The Kier molecular flexibility index (Phi) is 8.66. The minimum atomic E-state index is -2.14. The Labute approximate surface area is 342 Å². The van der Waals surface area contributed by atoms with Gasteiger partial charge in [-0.05, 0) is 105 Å². The smallest absolute Gasteiger partial charge is 0.121 e. The fourth-order valence-electron chi connectivity index (χ4n) is 7.38. The van der Waals surface area contributed by atoms with Gasteiger partial charge in [0, 0.05) is 46.1 Å². The fourth-order valence-corrected chi connectivity index (χ4v) is 7.38. The molecular weight excluding hydrogens is 837 g/mol. The Morgan fingerprint density at radius 2 is 1.65 bits per heavy atom. The Balaban J connectivity index is 0.000000198. The molecule has 54 heavy (non-hydrogen) atoms. The van der Waals surface area contributed by atoms with Crippen LogP contribution in [0.1, 0.15) is 91.1 Å². The number of nitrogens with zero attached hydrogens (tertiary/aromatic N) is 2. The normalized spacial score (nSPS) is 17.3. The Hall–Kier alpha value is -4.63. The van der Waals surface area contributed by atoms with E-state index in [4.69, 9.17) is 16.3 Å². The van der Waals surface area contributed by atoms with Crippen molar-refractivity contribution in [1.82, 2.24) is 9.97 Å². The molecule has 0 saturated heterocycles. The van der Waals surface area contributed by atoms with Crippen molar-refractivity contribution in [2.45, 2.75) is 79.4 Å². The van der Waals surface area contributed by atoms with Crippen LogP contribution in [0.2, 0.25) is 0 Å². The second-order valence-corrected chi connectivity index (χ2v) is 16.0. The maximum atomic E-state index is 9.24. The molecule has 0 unspecified atom stereocenters. The van der Waals surface area contributed by atoms with Crippen molar-refractivity contribution in [2.24, 2.45) is 10.8 Å². The maximum absolute atomic E-state index is 9.24. The van der Waals surface area contributed by atoms with Gasteiger partial charge in [0.1, 0.15) is 5.58 Å². The van der Waals surface area contributed by atoms with E-state index in [1.807, 2.05) is 39.1 Å². The SMILES string of the molecule is [2H]C([2H])([2H])c1c[c-]c(-c2ccc(C([2H])([2H])C(C)(C)C)cn2)cc1.[2H]C1(c2ccnc(-c3[c-]ccc4c3oc3cc5c(ccc6ccccc65)cc34)c2)CCC(C)(C)CC1.[Ir]. The number of furan rings is 1. The summed E-state index contributed by atoms with van der Waals surface area (Å²) in [5.74, 6) is -0.562. The summed E-state index contributed by atoms with van der Waals surface area (Å²) in [7, 11) is 0. The maximum Gasteiger partial charge on any atom is 0.121 e. The van der Waals surface area contributed by atoms with Crippen LogP contribution in [-0.4, -0.2) is 9.97 Å². The van der Waals surface area contributed by atoms with Crippen LogP contribution in [0.25, 0.3) is 66.0 Å². The van der Waals surface area contributed by atoms with E-state index >= 15 is 0 Å². The molecule has 4 heteroatoms. The minimum Gasteiger partial charge on any atom is -0.501 e. The fraction of sp³-hybridized carbons (Fsp3) is 0.280. The summed E-state index contributed by atoms with van der Waals surface area (Å²) in [5, 5.41) is 7.03. The first-order valence-corrected chi connectivity index (χ1v) is 18.5. The van der Waals surface area contributed by atoms with Gasteiger partial charge in [-0.3, -0.25) is 0 Å². The van der Waals surface area contributed by atoms with Crippen LogP contribution < -0.4 is 0 Å². The molecule has 1 fully saturated rings. The average molecular weight is 891 g/mol. The zero-order chi connectivity index (χ0) is 42.0. The zero-order valence-corrected chi connectivity index (χ0v) is 33.8. The molecule has 1 aliphatic carbocycles. The molecule has 0 atom stereocenters. The van der Waals surface area contributed by atoms with Gasteiger partial charge in [-0.2, -0.15) is 0 Å². The molecule has 0 spiro atoms. The van der Waals surface area contributed by atoms with Gasteiger partial charge in [-0.15, -0.1) is 53.6 Å². The van der Waals surface area contributed by atoms with Gasteiger partial charge in [0.25, 0.3) is 0 Å². The van der Waals surface area contributed by atoms with Crippen molar-refractivity contribution >= 4 is 43.5 Å². The summed E-state index contributed by atoms with van der Waals surface area (Å²) in [5.41, 5.74) is 6.26. The van der Waals surface area contributed by atoms with Crippen LogP contribution in [0.15, 0.2) is 120 Å². The van der Waals surface area contributed by atoms with Crippen LogP contribution in [0.3, 0.4) is 0 Å². The summed E-state index contributed by atoms with van der Waals surface area (Å²) in [6.45, 7) is 8.03. The van der Waals surface area contributed by atoms with Crippen molar-refractivity contribution < 1.29 is 32.7 Å². The van der Waals surface area contributed by atoms with Gasteiger partial charge in [0.15, 0.2) is 0 Å². The number of rotatable bonds is 4. The number of aromatic nitrogens is 2. The van der Waals surface area contributed by atoms with Crippen LogP contribution in [0.4, 0.5) is 0 Å². The molecule has 0 bridgehead atoms.